The van der Waals surface area contributed by atoms with Gasteiger partial charge in [0.1, 0.15) is 6.29 Å². The van der Waals surface area contributed by atoms with Crippen molar-refractivity contribution >= 4 is 6.29 Å². The fourth-order valence-electron chi connectivity index (χ4n) is 2.84. The molecule has 0 aromatic heterocycles. The van der Waals surface area contributed by atoms with E-state index >= 15 is 0 Å². The van der Waals surface area contributed by atoms with Crippen LogP contribution in [0.25, 0.3) is 0 Å². The number of carbonyl (C=O) groups is 1. The molecule has 0 unspecified atom stereocenters. The number of hydrogen-bond acceptors (Lipinski definition) is 1. The van der Waals surface area contributed by atoms with Crippen molar-refractivity contribution in [3.63, 3.8) is 0 Å². The fourth-order valence-corrected chi connectivity index (χ4v) is 2.84. The van der Waals surface area contributed by atoms with E-state index in [2.05, 4.69) is 27.7 Å². The second kappa shape index (κ2) is 3.43. The fraction of sp³-hybridized carbons (Fsp3) is 0.917. The van der Waals surface area contributed by atoms with E-state index in [4.69, 9.17) is 0 Å². The number of aldehydes is 1. The number of rotatable bonds is 3. The molecule has 76 valence electrons. The van der Waals surface area contributed by atoms with Crippen LogP contribution in [0.15, 0.2) is 0 Å². The molecule has 0 amide bonds. The first-order valence-electron chi connectivity index (χ1n) is 5.43. The number of carbonyl (C=O) groups excluding carboxylic acids is 1. The Morgan fingerprint density at radius 2 is 2.00 bits per heavy atom. The van der Waals surface area contributed by atoms with Gasteiger partial charge in [0.2, 0.25) is 0 Å². The lowest BCUT2D eigenvalue weighted by Gasteiger charge is -2.40. The molecule has 1 aliphatic carbocycles. The number of hydrogen-bond donors (Lipinski definition) is 0. The van der Waals surface area contributed by atoms with E-state index in [0.29, 0.717) is 5.41 Å². The largest absolute Gasteiger partial charge is 0.303 e. The molecule has 1 saturated carbocycles. The Labute approximate surface area is 81.9 Å². The third-order valence-corrected chi connectivity index (χ3v) is 4.46. The van der Waals surface area contributed by atoms with Gasteiger partial charge in [0.15, 0.2) is 0 Å². The maximum atomic E-state index is 10.9. The van der Waals surface area contributed by atoms with E-state index < -0.39 is 0 Å². The van der Waals surface area contributed by atoms with E-state index in [9.17, 15) is 4.79 Å². The van der Waals surface area contributed by atoms with Gasteiger partial charge in [-0.15, -0.1) is 0 Å². The zero-order chi connectivity index (χ0) is 10.1. The molecule has 0 saturated heterocycles. The van der Waals surface area contributed by atoms with E-state index in [1.807, 2.05) is 0 Å². The van der Waals surface area contributed by atoms with Crippen molar-refractivity contribution in [3.8, 4) is 0 Å². The van der Waals surface area contributed by atoms with Crippen molar-refractivity contribution in [3.05, 3.63) is 0 Å². The Morgan fingerprint density at radius 3 is 2.38 bits per heavy atom. The molecule has 0 bridgehead atoms. The first kappa shape index (κ1) is 10.7. The van der Waals surface area contributed by atoms with Gasteiger partial charge in [-0.3, -0.25) is 0 Å². The van der Waals surface area contributed by atoms with Crippen LogP contribution in [-0.2, 0) is 4.79 Å². The lowest BCUT2D eigenvalue weighted by molar-refractivity contribution is -0.114. The Bertz CT molecular complexity index is 195. The van der Waals surface area contributed by atoms with Crippen LogP contribution in [0.5, 0.6) is 0 Å². The molecular weight excluding hydrogens is 160 g/mol. The third kappa shape index (κ3) is 1.53. The molecule has 0 radical (unpaired) electrons. The summed E-state index contributed by atoms with van der Waals surface area (Å²) in [5.41, 5.74) is 0.581. The molecule has 0 aromatic carbocycles. The van der Waals surface area contributed by atoms with Crippen LogP contribution >= 0.6 is 0 Å². The molecule has 1 fully saturated rings. The van der Waals surface area contributed by atoms with Crippen molar-refractivity contribution in [2.45, 2.75) is 53.4 Å². The van der Waals surface area contributed by atoms with Crippen LogP contribution in [0, 0.1) is 16.7 Å². The van der Waals surface area contributed by atoms with Gasteiger partial charge >= 0.3 is 0 Å². The quantitative estimate of drug-likeness (QED) is 0.611. The highest BCUT2D eigenvalue weighted by molar-refractivity contribution is 5.56. The summed E-state index contributed by atoms with van der Waals surface area (Å²) >= 11 is 0. The van der Waals surface area contributed by atoms with Gasteiger partial charge in [-0.1, -0.05) is 34.1 Å². The summed E-state index contributed by atoms with van der Waals surface area (Å²) < 4.78 is 0. The van der Waals surface area contributed by atoms with Gasteiger partial charge < -0.3 is 4.79 Å². The van der Waals surface area contributed by atoms with Crippen LogP contribution in [-0.4, -0.2) is 6.29 Å². The Hall–Kier alpha value is -0.330. The topological polar surface area (TPSA) is 17.1 Å². The Balaban J connectivity index is 2.84. The third-order valence-electron chi connectivity index (χ3n) is 4.46. The molecule has 1 heteroatoms. The standard InChI is InChI=1S/C12H22O/c1-5-7-12(4)8-6-10(9-13)11(12,2)3/h9-10H,5-8H2,1-4H3/t10-,12-/m0/s1. The molecule has 13 heavy (non-hydrogen) atoms. The van der Waals surface area contributed by atoms with Crippen LogP contribution in [0.3, 0.4) is 0 Å². The van der Waals surface area contributed by atoms with Gasteiger partial charge in [0.05, 0.1) is 0 Å². The zero-order valence-corrected chi connectivity index (χ0v) is 9.39. The molecular formula is C12H22O. The predicted octanol–water partition coefficient (Wildman–Crippen LogP) is 3.43. The highest BCUT2D eigenvalue weighted by Crippen LogP contribution is 2.57. The predicted molar refractivity (Wildman–Crippen MR) is 55.6 cm³/mol. The van der Waals surface area contributed by atoms with Crippen molar-refractivity contribution < 1.29 is 4.79 Å². The molecule has 2 atom stereocenters. The SMILES string of the molecule is CCC[C@@]1(C)CC[C@@H](C=O)C1(C)C. The molecule has 1 rings (SSSR count). The van der Waals surface area contributed by atoms with E-state index in [1.165, 1.54) is 25.5 Å². The van der Waals surface area contributed by atoms with Crippen molar-refractivity contribution in [2.75, 3.05) is 0 Å². The summed E-state index contributed by atoms with van der Waals surface area (Å²) in [7, 11) is 0. The molecule has 0 aromatic rings. The van der Waals surface area contributed by atoms with Crippen molar-refractivity contribution in [1.29, 1.82) is 0 Å². The summed E-state index contributed by atoms with van der Waals surface area (Å²) in [5.74, 6) is 0.282. The van der Waals surface area contributed by atoms with Crippen LogP contribution < -0.4 is 0 Å². The van der Waals surface area contributed by atoms with Gasteiger partial charge in [-0.25, -0.2) is 0 Å². The zero-order valence-electron chi connectivity index (χ0n) is 9.39. The minimum absolute atomic E-state index is 0.199. The van der Waals surface area contributed by atoms with Gasteiger partial charge in [-0.05, 0) is 30.1 Å². The monoisotopic (exact) mass is 182 g/mol. The summed E-state index contributed by atoms with van der Waals surface area (Å²) in [5, 5.41) is 0. The minimum Gasteiger partial charge on any atom is -0.303 e. The first-order chi connectivity index (χ1) is 5.98. The summed E-state index contributed by atoms with van der Waals surface area (Å²) in [6.07, 6.45) is 5.96. The molecule has 0 N–H and O–H groups in total. The van der Waals surface area contributed by atoms with E-state index in [0.717, 1.165) is 6.42 Å². The highest BCUT2D eigenvalue weighted by atomic mass is 16.1. The van der Waals surface area contributed by atoms with Crippen molar-refractivity contribution in [2.24, 2.45) is 16.7 Å². The maximum Gasteiger partial charge on any atom is 0.123 e. The maximum absolute atomic E-state index is 10.9. The Kier molecular flexibility index (Phi) is 2.84. The average molecular weight is 182 g/mol. The first-order valence-corrected chi connectivity index (χ1v) is 5.43. The molecule has 0 aliphatic heterocycles. The summed E-state index contributed by atoms with van der Waals surface area (Å²) in [6.45, 7) is 9.10. The van der Waals surface area contributed by atoms with Crippen LogP contribution in [0.2, 0.25) is 0 Å². The minimum atomic E-state index is 0.199. The van der Waals surface area contributed by atoms with Gasteiger partial charge in [0.25, 0.3) is 0 Å². The van der Waals surface area contributed by atoms with Gasteiger partial charge in [0, 0.05) is 5.92 Å². The summed E-state index contributed by atoms with van der Waals surface area (Å²) in [6, 6.07) is 0. The normalized spacial score (nSPS) is 37.7. The molecule has 0 spiro atoms. The second-order valence-corrected chi connectivity index (χ2v) is 5.31. The van der Waals surface area contributed by atoms with Gasteiger partial charge in [-0.2, -0.15) is 0 Å². The average Bonchev–Trinajstić information content (AvgIpc) is 2.25. The lowest BCUT2D eigenvalue weighted by Crippen LogP contribution is -2.34. The molecule has 1 aliphatic rings. The van der Waals surface area contributed by atoms with Crippen LogP contribution in [0.1, 0.15) is 53.4 Å². The van der Waals surface area contributed by atoms with Crippen molar-refractivity contribution in [1.82, 2.24) is 0 Å². The Morgan fingerprint density at radius 1 is 1.38 bits per heavy atom. The summed E-state index contributed by atoms with van der Waals surface area (Å²) in [4.78, 5) is 10.9. The second-order valence-electron chi connectivity index (χ2n) is 5.31. The molecule has 1 nitrogen and oxygen atoms in total. The van der Waals surface area contributed by atoms with E-state index in [-0.39, 0.29) is 11.3 Å². The lowest BCUT2D eigenvalue weighted by atomic mass is 9.64. The smallest absolute Gasteiger partial charge is 0.123 e. The molecule has 0 heterocycles. The van der Waals surface area contributed by atoms with Crippen LogP contribution in [0.4, 0.5) is 0 Å². The van der Waals surface area contributed by atoms with E-state index in [1.54, 1.807) is 0 Å². The highest BCUT2D eigenvalue weighted by Gasteiger charge is 2.50.